The molecule has 2 aromatic carbocycles. The van der Waals surface area contributed by atoms with Crippen LogP contribution >= 0.6 is 7.60 Å². The highest BCUT2D eigenvalue weighted by Crippen LogP contribution is 2.45. The highest BCUT2D eigenvalue weighted by Gasteiger charge is 2.27. The minimum atomic E-state index is -3.12. The van der Waals surface area contributed by atoms with Gasteiger partial charge in [0.25, 0.3) is 0 Å². The van der Waals surface area contributed by atoms with Crippen LogP contribution in [0.25, 0.3) is 0 Å². The molecule has 0 fully saturated rings. The zero-order chi connectivity index (χ0) is 42.8. The highest BCUT2D eigenvalue weighted by molar-refractivity contribution is 7.52. The summed E-state index contributed by atoms with van der Waals surface area (Å²) in [5.41, 5.74) is -0.264. The number of ether oxygens (including phenoxy) is 6. The number of carbonyl (C=O) groups excluding carboxylic acids is 4. The largest absolute Gasteiger partial charge is 0.461 e. The van der Waals surface area contributed by atoms with E-state index < -0.39 is 42.3 Å². The molecule has 1 unspecified atom stereocenters. The van der Waals surface area contributed by atoms with Crippen LogP contribution in [-0.2, 0) is 42.0 Å². The Morgan fingerprint density at radius 1 is 0.500 bits per heavy atom. The fourth-order valence-electron chi connectivity index (χ4n) is 4.38. The third-order valence-corrected chi connectivity index (χ3v) is 8.97. The molecule has 1 N–H and O–H groups in total. The molecule has 15 heteroatoms. The summed E-state index contributed by atoms with van der Waals surface area (Å²) in [7, 11) is 0.0748. The molecule has 0 radical (unpaired) electrons. The molecule has 2 rings (SSSR count). The Morgan fingerprint density at radius 3 is 1.02 bits per heavy atom. The van der Waals surface area contributed by atoms with Crippen molar-refractivity contribution in [3.05, 3.63) is 70.8 Å². The molecule has 0 amide bonds. The minimum Gasteiger partial charge on any atom is -0.461 e. The third-order valence-electron chi connectivity index (χ3n) is 7.64. The second-order valence-corrected chi connectivity index (χ2v) is 18.7. The van der Waals surface area contributed by atoms with Gasteiger partial charge in [0.15, 0.2) is 0 Å². The van der Waals surface area contributed by atoms with Gasteiger partial charge in [0, 0.05) is 42.5 Å². The third kappa shape index (κ3) is 20.0. The van der Waals surface area contributed by atoms with Gasteiger partial charge in [-0.2, -0.15) is 0 Å². The van der Waals surface area contributed by atoms with Crippen molar-refractivity contribution >= 4 is 31.5 Å². The van der Waals surface area contributed by atoms with E-state index in [1.54, 1.807) is 35.0 Å². The Hall–Kier alpha value is -3.65. The molecule has 0 heterocycles. The zero-order valence-corrected chi connectivity index (χ0v) is 36.1. The fraction of sp³-hybridized carbons (Fsp3) is 0.610. The lowest BCUT2D eigenvalue weighted by atomic mass is 9.96. The number of aliphatic hydroxyl groups excluding tert-OH is 1. The number of hydrogen-bond donors (Lipinski definition) is 1. The van der Waals surface area contributed by atoms with E-state index in [1.807, 2.05) is 41.5 Å². The number of carbonyl (C=O) groups is 4. The van der Waals surface area contributed by atoms with Crippen molar-refractivity contribution in [2.24, 2.45) is 21.7 Å². The van der Waals surface area contributed by atoms with Gasteiger partial charge in [0.1, 0.15) is 0 Å². The Balaban J connectivity index is 0.000000573. The van der Waals surface area contributed by atoms with Gasteiger partial charge in [0.2, 0.25) is 0 Å². The maximum atomic E-state index is 12.3. The van der Waals surface area contributed by atoms with Crippen molar-refractivity contribution in [1.29, 1.82) is 0 Å². The number of esters is 4. The molecular weight excluding hydrogens is 747 g/mol. The summed E-state index contributed by atoms with van der Waals surface area (Å²) >= 11 is 0. The minimum absolute atomic E-state index is 0.0658. The first-order chi connectivity index (χ1) is 25.9. The number of aliphatic hydroxyl groups is 1. The first-order valence-corrected chi connectivity index (χ1v) is 20.2. The number of methoxy groups -OCH3 is 2. The second-order valence-electron chi connectivity index (χ2n) is 16.6. The molecule has 0 aromatic heterocycles. The van der Waals surface area contributed by atoms with Gasteiger partial charge in [-0.25, -0.2) is 19.2 Å². The smallest absolute Gasteiger partial charge is 0.338 e. The van der Waals surface area contributed by atoms with Crippen LogP contribution < -0.4 is 0 Å². The molecule has 14 nitrogen and oxygen atoms in total. The van der Waals surface area contributed by atoms with Gasteiger partial charge >= 0.3 is 31.5 Å². The molecule has 0 aliphatic carbocycles. The van der Waals surface area contributed by atoms with Crippen molar-refractivity contribution in [3.8, 4) is 0 Å². The average molecular weight is 811 g/mol. The lowest BCUT2D eigenvalue weighted by Crippen LogP contribution is -2.27. The van der Waals surface area contributed by atoms with Crippen LogP contribution in [0.4, 0.5) is 0 Å². The monoisotopic (exact) mass is 810 g/mol. The molecule has 0 saturated carbocycles. The van der Waals surface area contributed by atoms with Crippen LogP contribution in [0.15, 0.2) is 48.5 Å². The topological polar surface area (TPSA) is 179 Å². The van der Waals surface area contributed by atoms with Gasteiger partial charge in [-0.05, 0) is 55.5 Å². The van der Waals surface area contributed by atoms with Gasteiger partial charge in [-0.15, -0.1) is 0 Å². The molecule has 0 aliphatic rings. The quantitative estimate of drug-likeness (QED) is 0.0713. The Bertz CT molecular complexity index is 1580. The normalized spacial score (nSPS) is 13.1. The average Bonchev–Trinajstić information content (AvgIpc) is 3.14. The van der Waals surface area contributed by atoms with E-state index in [-0.39, 0.29) is 57.1 Å². The van der Waals surface area contributed by atoms with Crippen LogP contribution in [0, 0.1) is 21.7 Å². The molecule has 0 saturated heterocycles. The summed E-state index contributed by atoms with van der Waals surface area (Å²) in [5, 5.41) is 9.17. The molecule has 56 heavy (non-hydrogen) atoms. The molecule has 1 atom stereocenters. The summed E-state index contributed by atoms with van der Waals surface area (Å²) in [6.45, 7) is 20.0. The maximum absolute atomic E-state index is 12.3. The summed E-state index contributed by atoms with van der Waals surface area (Å²) in [6, 6.07) is 12.2. The number of hydrogen-bond acceptors (Lipinski definition) is 14. The van der Waals surface area contributed by atoms with E-state index in [4.69, 9.17) is 42.6 Å². The summed E-state index contributed by atoms with van der Waals surface area (Å²) in [4.78, 5) is 48.6. The summed E-state index contributed by atoms with van der Waals surface area (Å²) in [6.07, 6.45) is 0. The van der Waals surface area contributed by atoms with Gasteiger partial charge in [0.05, 0.1) is 81.7 Å². The lowest BCUT2D eigenvalue weighted by Gasteiger charge is -2.25. The first kappa shape index (κ1) is 50.4. The Kier molecular flexibility index (Phi) is 20.6. The van der Waals surface area contributed by atoms with Crippen LogP contribution in [0.3, 0.4) is 0 Å². The highest BCUT2D eigenvalue weighted by atomic mass is 31.2. The zero-order valence-electron chi connectivity index (χ0n) is 35.2. The fourth-order valence-corrected chi connectivity index (χ4v) is 5.51. The molecule has 316 valence electrons. The van der Waals surface area contributed by atoms with Crippen LogP contribution in [0.1, 0.15) is 104 Å². The van der Waals surface area contributed by atoms with Crippen molar-refractivity contribution in [2.75, 3.05) is 80.3 Å². The van der Waals surface area contributed by atoms with Gasteiger partial charge in [-0.3, -0.25) is 4.57 Å². The molecule has 0 bridgehead atoms. The van der Waals surface area contributed by atoms with Crippen LogP contribution in [-0.4, -0.2) is 109 Å². The van der Waals surface area contributed by atoms with Crippen molar-refractivity contribution in [2.45, 2.75) is 62.3 Å². The van der Waals surface area contributed by atoms with E-state index in [0.29, 0.717) is 35.5 Å². The second kappa shape index (κ2) is 22.9. The number of rotatable bonds is 22. The Labute approximate surface area is 332 Å². The number of benzene rings is 2. The predicted octanol–water partition coefficient (Wildman–Crippen LogP) is 7.27. The van der Waals surface area contributed by atoms with Crippen molar-refractivity contribution < 1.29 is 66.3 Å². The van der Waals surface area contributed by atoms with Gasteiger partial charge in [-0.1, -0.05) is 55.4 Å². The molecular formula is C41H63O14P. The van der Waals surface area contributed by atoms with Gasteiger partial charge < -0.3 is 42.6 Å². The van der Waals surface area contributed by atoms with E-state index >= 15 is 0 Å². The summed E-state index contributed by atoms with van der Waals surface area (Å²) < 4.78 is 53.8. The lowest BCUT2D eigenvalue weighted by molar-refractivity contribution is 0.0131. The SMILES string of the molecule is CCOP(C)(=O)OCC(C)(C)COC(=O)c1ccc(C(=O)OCC(C)(C)COC)cc1.COCC(C)(C)COC(=O)c1ccc(C(=O)OCC(C)(C)CO)cc1. The standard InChI is InChI=1S/C22H35O8P.C19H28O6/c1-8-29-31(7,25)30-16-22(4,5)15-28-20(24)18-11-9-17(10-12-18)19(23)27-14-21(2,3)13-26-6;1-18(2,10-20)12-24-16(21)14-6-8-15(9-7-14)17(22)25-13-19(3,4)11-23-5/h9-12H,8,13-16H2,1-7H3;6-9,20H,10-13H2,1-5H3. The molecule has 0 aliphatic heterocycles. The van der Waals surface area contributed by atoms with Crippen molar-refractivity contribution in [3.63, 3.8) is 0 Å². The predicted molar refractivity (Wildman–Crippen MR) is 211 cm³/mol. The Morgan fingerprint density at radius 2 is 0.768 bits per heavy atom. The van der Waals surface area contributed by atoms with E-state index in [0.717, 1.165) is 0 Å². The maximum Gasteiger partial charge on any atom is 0.338 e. The first-order valence-electron chi connectivity index (χ1n) is 18.2. The van der Waals surface area contributed by atoms with E-state index in [9.17, 15) is 23.7 Å². The van der Waals surface area contributed by atoms with Crippen molar-refractivity contribution in [1.82, 2.24) is 0 Å². The molecule has 2 aromatic rings. The molecule has 0 spiro atoms. The van der Waals surface area contributed by atoms with E-state index in [2.05, 4.69) is 0 Å². The van der Waals surface area contributed by atoms with E-state index in [1.165, 1.54) is 55.2 Å². The van der Waals surface area contributed by atoms with Crippen LogP contribution in [0.5, 0.6) is 0 Å². The van der Waals surface area contributed by atoms with Crippen LogP contribution in [0.2, 0.25) is 0 Å². The summed E-state index contributed by atoms with van der Waals surface area (Å²) in [5.74, 6) is -1.95.